The van der Waals surface area contributed by atoms with Gasteiger partial charge in [0.05, 0.1) is 0 Å². The molecule has 1 aromatic carbocycles. The zero-order valence-electron chi connectivity index (χ0n) is 15.4. The Labute approximate surface area is 153 Å². The highest BCUT2D eigenvalue weighted by Gasteiger charge is 2.03. The molecule has 7 nitrogen and oxygen atoms in total. The third-order valence-electron chi connectivity index (χ3n) is 4.20. The number of fused-ring (bicyclic) bond motifs is 1. The zero-order chi connectivity index (χ0) is 18.2. The second-order valence-electron chi connectivity index (χ2n) is 6.19. The number of aliphatic imine (C=N–C) groups is 1. The number of aryl methyl sites for hydroxylation is 3. The first-order chi connectivity index (χ1) is 12.8. The first kappa shape index (κ1) is 18.0. The lowest BCUT2D eigenvalue weighted by Gasteiger charge is -2.12. The van der Waals surface area contributed by atoms with Gasteiger partial charge in [-0.05, 0) is 37.3 Å². The van der Waals surface area contributed by atoms with Crippen LogP contribution in [0.3, 0.4) is 0 Å². The molecule has 0 amide bonds. The van der Waals surface area contributed by atoms with E-state index in [1.54, 1.807) is 7.05 Å². The van der Waals surface area contributed by atoms with Crippen LogP contribution in [0.4, 0.5) is 0 Å². The average Bonchev–Trinajstić information content (AvgIpc) is 3.26. The molecule has 3 rings (SSSR count). The Morgan fingerprint density at radius 2 is 1.96 bits per heavy atom. The quantitative estimate of drug-likeness (QED) is 0.369. The molecule has 0 atom stereocenters. The predicted molar refractivity (Wildman–Crippen MR) is 103 cm³/mol. The summed E-state index contributed by atoms with van der Waals surface area (Å²) in [5.74, 6) is 2.19. The number of hydrogen-bond donors (Lipinski definition) is 2. The lowest BCUT2D eigenvalue weighted by molar-refractivity contribution is 0.372. The fraction of sp³-hybridized carbons (Fsp3) is 0.421. The van der Waals surface area contributed by atoms with E-state index in [0.717, 1.165) is 44.9 Å². The maximum atomic E-state index is 5.11. The Morgan fingerprint density at radius 3 is 2.73 bits per heavy atom. The molecule has 0 saturated carbocycles. The minimum atomic E-state index is 0.681. The van der Waals surface area contributed by atoms with Crippen LogP contribution in [0.15, 0.2) is 46.0 Å². The largest absolute Gasteiger partial charge is 0.356 e. The van der Waals surface area contributed by atoms with E-state index < -0.39 is 0 Å². The first-order valence-corrected chi connectivity index (χ1v) is 9.04. The van der Waals surface area contributed by atoms with Crippen LogP contribution in [-0.4, -0.2) is 40.8 Å². The van der Waals surface area contributed by atoms with Crippen molar-refractivity contribution in [2.24, 2.45) is 4.99 Å². The molecule has 0 spiro atoms. The van der Waals surface area contributed by atoms with E-state index in [0.29, 0.717) is 11.7 Å². The first-order valence-electron chi connectivity index (χ1n) is 9.04. The molecule has 138 valence electrons. The van der Waals surface area contributed by atoms with Gasteiger partial charge in [-0.15, -0.1) is 0 Å². The summed E-state index contributed by atoms with van der Waals surface area (Å²) >= 11 is 0. The minimum Gasteiger partial charge on any atom is -0.356 e. The average molecular weight is 354 g/mol. The van der Waals surface area contributed by atoms with Crippen molar-refractivity contribution < 1.29 is 4.52 Å². The molecule has 3 aromatic rings. The lowest BCUT2D eigenvalue weighted by Crippen LogP contribution is -2.38. The molecule has 2 heterocycles. The van der Waals surface area contributed by atoms with Crippen molar-refractivity contribution in [3.05, 3.63) is 48.2 Å². The number of nitrogens with one attached hydrogen (secondary N) is 2. The van der Waals surface area contributed by atoms with E-state index >= 15 is 0 Å². The Kier molecular flexibility index (Phi) is 6.24. The maximum Gasteiger partial charge on any atom is 0.226 e. The molecule has 0 unspecified atom stereocenters. The summed E-state index contributed by atoms with van der Waals surface area (Å²) < 4.78 is 7.40. The standard InChI is InChI=1S/C19H26N6O/c1-15-23-18(26-24-15)9-5-11-21-19(20-2)22-12-6-13-25-14-10-16-7-3-4-8-17(16)25/h3-4,7-8,10,14H,5-6,9,11-13H2,1-2H3,(H2,20,21,22). The smallest absolute Gasteiger partial charge is 0.226 e. The molecule has 0 aliphatic rings. The van der Waals surface area contributed by atoms with Crippen molar-refractivity contribution in [2.75, 3.05) is 20.1 Å². The van der Waals surface area contributed by atoms with Gasteiger partial charge in [-0.2, -0.15) is 4.98 Å². The number of rotatable bonds is 8. The minimum absolute atomic E-state index is 0.681. The van der Waals surface area contributed by atoms with E-state index in [1.807, 2.05) is 6.92 Å². The Morgan fingerprint density at radius 1 is 1.15 bits per heavy atom. The molecular formula is C19H26N6O. The topological polar surface area (TPSA) is 80.3 Å². The monoisotopic (exact) mass is 354 g/mol. The van der Waals surface area contributed by atoms with Gasteiger partial charge in [0.15, 0.2) is 11.8 Å². The van der Waals surface area contributed by atoms with Gasteiger partial charge in [-0.1, -0.05) is 23.4 Å². The van der Waals surface area contributed by atoms with Crippen LogP contribution in [-0.2, 0) is 13.0 Å². The molecule has 0 aliphatic carbocycles. The van der Waals surface area contributed by atoms with Crippen LogP contribution in [0, 0.1) is 6.92 Å². The van der Waals surface area contributed by atoms with Crippen molar-refractivity contribution in [2.45, 2.75) is 32.7 Å². The molecule has 2 N–H and O–H groups in total. The van der Waals surface area contributed by atoms with E-state index in [4.69, 9.17) is 4.52 Å². The summed E-state index contributed by atoms with van der Waals surface area (Å²) in [6.07, 6.45) is 4.86. The Bertz CT molecular complexity index is 850. The molecule has 0 aliphatic heterocycles. The third kappa shape index (κ3) is 4.84. The molecule has 26 heavy (non-hydrogen) atoms. The highest BCUT2D eigenvalue weighted by atomic mass is 16.5. The van der Waals surface area contributed by atoms with Crippen molar-refractivity contribution in [1.29, 1.82) is 0 Å². The number of aromatic nitrogens is 3. The number of nitrogens with zero attached hydrogens (tertiary/aromatic N) is 4. The Balaban J connectivity index is 1.34. The van der Waals surface area contributed by atoms with Gasteiger partial charge in [-0.3, -0.25) is 4.99 Å². The Hall–Kier alpha value is -2.83. The molecule has 0 saturated heterocycles. The van der Waals surface area contributed by atoms with E-state index in [-0.39, 0.29) is 0 Å². The summed E-state index contributed by atoms with van der Waals surface area (Å²) in [7, 11) is 1.79. The van der Waals surface area contributed by atoms with Gasteiger partial charge < -0.3 is 19.7 Å². The van der Waals surface area contributed by atoms with Crippen LogP contribution >= 0.6 is 0 Å². The van der Waals surface area contributed by atoms with Crippen molar-refractivity contribution in [3.63, 3.8) is 0 Å². The van der Waals surface area contributed by atoms with Crippen molar-refractivity contribution >= 4 is 16.9 Å². The highest BCUT2D eigenvalue weighted by Crippen LogP contribution is 2.15. The third-order valence-corrected chi connectivity index (χ3v) is 4.20. The summed E-state index contributed by atoms with van der Waals surface area (Å²) in [5, 5.41) is 11.7. The van der Waals surface area contributed by atoms with Gasteiger partial charge in [0.2, 0.25) is 5.89 Å². The number of para-hydroxylation sites is 1. The maximum absolute atomic E-state index is 5.11. The van der Waals surface area contributed by atoms with Crippen molar-refractivity contribution in [3.8, 4) is 0 Å². The summed E-state index contributed by atoms with van der Waals surface area (Å²) in [6.45, 7) is 4.49. The molecule has 7 heteroatoms. The van der Waals surface area contributed by atoms with Gasteiger partial charge in [0.25, 0.3) is 0 Å². The van der Waals surface area contributed by atoms with Crippen LogP contribution < -0.4 is 10.6 Å². The second kappa shape index (κ2) is 9.03. The normalized spacial score (nSPS) is 11.8. The molecule has 0 radical (unpaired) electrons. The molecule has 0 fully saturated rings. The zero-order valence-corrected chi connectivity index (χ0v) is 15.4. The second-order valence-corrected chi connectivity index (χ2v) is 6.19. The molecule has 0 bridgehead atoms. The molecular weight excluding hydrogens is 328 g/mol. The predicted octanol–water partition coefficient (Wildman–Crippen LogP) is 2.52. The van der Waals surface area contributed by atoms with Crippen LogP contribution in [0.1, 0.15) is 24.6 Å². The van der Waals surface area contributed by atoms with Gasteiger partial charge in [0.1, 0.15) is 0 Å². The highest BCUT2D eigenvalue weighted by molar-refractivity contribution is 5.80. The van der Waals surface area contributed by atoms with Gasteiger partial charge >= 0.3 is 0 Å². The molecule has 2 aromatic heterocycles. The fourth-order valence-electron chi connectivity index (χ4n) is 2.90. The van der Waals surface area contributed by atoms with Crippen LogP contribution in [0.2, 0.25) is 0 Å². The lowest BCUT2D eigenvalue weighted by atomic mass is 10.2. The van der Waals surface area contributed by atoms with Gasteiger partial charge in [0, 0.05) is 44.8 Å². The van der Waals surface area contributed by atoms with E-state index in [9.17, 15) is 0 Å². The van der Waals surface area contributed by atoms with Crippen LogP contribution in [0.5, 0.6) is 0 Å². The number of benzene rings is 1. The summed E-state index contributed by atoms with van der Waals surface area (Å²) in [5.41, 5.74) is 1.28. The number of guanidine groups is 1. The van der Waals surface area contributed by atoms with E-state index in [2.05, 4.69) is 66.9 Å². The van der Waals surface area contributed by atoms with Crippen LogP contribution in [0.25, 0.3) is 10.9 Å². The fourth-order valence-corrected chi connectivity index (χ4v) is 2.90. The number of hydrogen-bond acceptors (Lipinski definition) is 4. The van der Waals surface area contributed by atoms with E-state index in [1.165, 1.54) is 10.9 Å². The van der Waals surface area contributed by atoms with Gasteiger partial charge in [-0.25, -0.2) is 0 Å². The summed E-state index contributed by atoms with van der Waals surface area (Å²) in [4.78, 5) is 8.46. The van der Waals surface area contributed by atoms with Crippen molar-refractivity contribution in [1.82, 2.24) is 25.3 Å². The summed E-state index contributed by atoms with van der Waals surface area (Å²) in [6, 6.07) is 10.6. The SMILES string of the molecule is CN=C(NCCCc1nc(C)no1)NCCCn1ccc2ccccc21.